The zero-order valence-electron chi connectivity index (χ0n) is 16.6. The van der Waals surface area contributed by atoms with Gasteiger partial charge < -0.3 is 20.1 Å². The van der Waals surface area contributed by atoms with E-state index >= 15 is 0 Å². The molecule has 0 aliphatic carbocycles. The van der Waals surface area contributed by atoms with E-state index in [2.05, 4.69) is 20.9 Å². The Bertz CT molecular complexity index is 848. The molecular weight excluding hydrogens is 365 g/mol. The summed E-state index contributed by atoms with van der Waals surface area (Å²) in [5.41, 5.74) is 1.27. The summed E-state index contributed by atoms with van der Waals surface area (Å²) >= 11 is 0. The lowest BCUT2D eigenvalue weighted by atomic mass is 10.1. The Kier molecular flexibility index (Phi) is 6.13. The average Bonchev–Trinajstić information content (AvgIpc) is 3.09. The first-order chi connectivity index (χ1) is 13.5. The van der Waals surface area contributed by atoms with Gasteiger partial charge in [-0.15, -0.1) is 5.10 Å². The van der Waals surface area contributed by atoms with Crippen LogP contribution in [0.2, 0.25) is 0 Å². The summed E-state index contributed by atoms with van der Waals surface area (Å²) < 4.78 is 26.6. The van der Waals surface area contributed by atoms with Gasteiger partial charge in [-0.05, 0) is 45.8 Å². The van der Waals surface area contributed by atoms with Gasteiger partial charge in [0.05, 0.1) is 32.0 Å². The first-order valence-corrected chi connectivity index (χ1v) is 9.31. The number of methoxy groups -OCH3 is 2. The van der Waals surface area contributed by atoms with Crippen LogP contribution in [-0.2, 0) is 0 Å². The van der Waals surface area contributed by atoms with E-state index in [0.717, 1.165) is 25.9 Å². The second-order valence-corrected chi connectivity index (χ2v) is 6.87. The maximum Gasteiger partial charge on any atom is 0.274 e. The molecule has 1 aromatic carbocycles. The van der Waals surface area contributed by atoms with Gasteiger partial charge >= 0.3 is 0 Å². The fourth-order valence-corrected chi connectivity index (χ4v) is 3.49. The molecule has 1 aromatic heterocycles. The van der Waals surface area contributed by atoms with Gasteiger partial charge in [-0.3, -0.25) is 4.79 Å². The number of hydrogen-bond acceptors (Lipinski definition) is 6. The third-order valence-electron chi connectivity index (χ3n) is 5.11. The van der Waals surface area contributed by atoms with Crippen molar-refractivity contribution in [1.82, 2.24) is 25.6 Å². The Labute approximate surface area is 163 Å². The second kappa shape index (κ2) is 8.55. The molecule has 0 radical (unpaired) electrons. The summed E-state index contributed by atoms with van der Waals surface area (Å²) in [6.45, 7) is 5.37. The highest BCUT2D eigenvalue weighted by Crippen LogP contribution is 2.32. The van der Waals surface area contributed by atoms with Gasteiger partial charge in [0.2, 0.25) is 0 Å². The van der Waals surface area contributed by atoms with Crippen molar-refractivity contribution in [3.63, 3.8) is 0 Å². The highest BCUT2D eigenvalue weighted by Gasteiger charge is 2.25. The third-order valence-corrected chi connectivity index (χ3v) is 5.11. The molecule has 2 N–H and O–H groups in total. The van der Waals surface area contributed by atoms with Gasteiger partial charge in [0, 0.05) is 11.6 Å². The molecule has 8 nitrogen and oxygen atoms in total. The minimum atomic E-state index is -0.587. The molecule has 1 saturated heterocycles. The number of piperidine rings is 1. The number of carbonyl (C=O) groups excluding carboxylic acids is 1. The molecule has 152 valence electrons. The van der Waals surface area contributed by atoms with Crippen LogP contribution in [0.3, 0.4) is 0 Å². The van der Waals surface area contributed by atoms with Crippen molar-refractivity contribution in [1.29, 1.82) is 0 Å². The van der Waals surface area contributed by atoms with E-state index in [4.69, 9.17) is 9.47 Å². The summed E-state index contributed by atoms with van der Waals surface area (Å²) in [4.78, 5) is 12.7. The molecule has 0 spiro atoms. The molecule has 1 unspecified atom stereocenters. The van der Waals surface area contributed by atoms with Crippen LogP contribution in [0.4, 0.5) is 4.39 Å². The van der Waals surface area contributed by atoms with Crippen LogP contribution in [0.1, 0.15) is 53.6 Å². The normalized spacial score (nSPS) is 15.9. The quantitative estimate of drug-likeness (QED) is 0.784. The van der Waals surface area contributed by atoms with Crippen LogP contribution >= 0.6 is 0 Å². The van der Waals surface area contributed by atoms with Gasteiger partial charge in [-0.1, -0.05) is 5.21 Å². The van der Waals surface area contributed by atoms with Crippen molar-refractivity contribution < 1.29 is 18.7 Å². The van der Waals surface area contributed by atoms with Gasteiger partial charge in [0.15, 0.2) is 17.2 Å². The first kappa shape index (κ1) is 20.1. The smallest absolute Gasteiger partial charge is 0.274 e. The number of benzene rings is 1. The summed E-state index contributed by atoms with van der Waals surface area (Å²) in [6.07, 6.45) is 1.89. The Morgan fingerprint density at radius 2 is 1.93 bits per heavy atom. The first-order valence-electron chi connectivity index (χ1n) is 9.31. The number of hydrogen-bond donors (Lipinski definition) is 2. The number of halogens is 1. The van der Waals surface area contributed by atoms with Crippen LogP contribution < -0.4 is 20.1 Å². The summed E-state index contributed by atoms with van der Waals surface area (Å²) in [5, 5.41) is 14.3. The van der Waals surface area contributed by atoms with Crippen LogP contribution in [-0.4, -0.2) is 48.2 Å². The molecule has 1 aliphatic rings. The molecule has 9 heteroatoms. The SMILES string of the molecule is COc1cc(F)c(C(C)NC(=O)c2nnn(C3CCNCC3)c2C)cc1OC. The number of nitrogens with one attached hydrogen (secondary N) is 2. The number of nitrogens with zero attached hydrogens (tertiary/aromatic N) is 3. The number of carbonyl (C=O) groups is 1. The van der Waals surface area contributed by atoms with Gasteiger partial charge in [-0.25, -0.2) is 9.07 Å². The lowest BCUT2D eigenvalue weighted by molar-refractivity contribution is 0.0933. The Balaban J connectivity index is 1.77. The minimum Gasteiger partial charge on any atom is -0.493 e. The van der Waals surface area contributed by atoms with E-state index < -0.39 is 11.9 Å². The molecule has 28 heavy (non-hydrogen) atoms. The zero-order valence-corrected chi connectivity index (χ0v) is 16.6. The summed E-state index contributed by atoms with van der Waals surface area (Å²) in [5.74, 6) is -0.184. The molecule has 3 rings (SSSR count). The highest BCUT2D eigenvalue weighted by atomic mass is 19.1. The van der Waals surface area contributed by atoms with E-state index in [-0.39, 0.29) is 17.6 Å². The fourth-order valence-electron chi connectivity index (χ4n) is 3.49. The number of amides is 1. The third kappa shape index (κ3) is 3.94. The number of ether oxygens (including phenoxy) is 2. The van der Waals surface area contributed by atoms with Gasteiger partial charge in [-0.2, -0.15) is 0 Å². The van der Waals surface area contributed by atoms with Crippen LogP contribution in [0.15, 0.2) is 12.1 Å². The van der Waals surface area contributed by atoms with E-state index in [9.17, 15) is 9.18 Å². The standard InChI is InChI=1S/C19H26FN5O3/c1-11(14-9-16(27-3)17(28-4)10-15(14)20)22-19(26)18-12(2)25(24-23-18)13-5-7-21-8-6-13/h9-11,13,21H,5-8H2,1-4H3,(H,22,26). The van der Waals surface area contributed by atoms with E-state index in [1.165, 1.54) is 26.4 Å². The summed E-state index contributed by atoms with van der Waals surface area (Å²) in [6, 6.07) is 2.42. The largest absolute Gasteiger partial charge is 0.493 e. The Morgan fingerprint density at radius 3 is 2.57 bits per heavy atom. The Morgan fingerprint density at radius 1 is 1.29 bits per heavy atom. The number of rotatable bonds is 6. The lowest BCUT2D eigenvalue weighted by Crippen LogP contribution is -2.31. The molecule has 1 atom stereocenters. The van der Waals surface area contributed by atoms with Crippen LogP contribution in [0, 0.1) is 12.7 Å². The van der Waals surface area contributed by atoms with Crippen LogP contribution in [0.25, 0.3) is 0 Å². The maximum absolute atomic E-state index is 14.5. The molecule has 0 bridgehead atoms. The van der Waals surface area contributed by atoms with Crippen molar-refractivity contribution in [2.45, 2.75) is 38.8 Å². The van der Waals surface area contributed by atoms with Crippen molar-refractivity contribution >= 4 is 5.91 Å². The molecule has 2 heterocycles. The topological polar surface area (TPSA) is 90.3 Å². The Hall–Kier alpha value is -2.68. The van der Waals surface area contributed by atoms with Crippen LogP contribution in [0.5, 0.6) is 11.5 Å². The average molecular weight is 391 g/mol. The second-order valence-electron chi connectivity index (χ2n) is 6.87. The van der Waals surface area contributed by atoms with Crippen molar-refractivity contribution in [3.8, 4) is 11.5 Å². The molecule has 1 aliphatic heterocycles. The van der Waals surface area contributed by atoms with E-state index in [1.54, 1.807) is 6.92 Å². The molecule has 0 saturated carbocycles. The predicted molar refractivity (Wildman–Crippen MR) is 101 cm³/mol. The summed E-state index contributed by atoms with van der Waals surface area (Å²) in [7, 11) is 2.92. The van der Waals surface area contributed by atoms with Crippen molar-refractivity contribution in [3.05, 3.63) is 34.9 Å². The zero-order chi connectivity index (χ0) is 20.3. The van der Waals surface area contributed by atoms with Gasteiger partial charge in [0.1, 0.15) is 5.82 Å². The van der Waals surface area contributed by atoms with E-state index in [1.807, 2.05) is 11.6 Å². The lowest BCUT2D eigenvalue weighted by Gasteiger charge is -2.23. The molecular formula is C19H26FN5O3. The molecule has 1 amide bonds. The molecule has 1 fully saturated rings. The monoisotopic (exact) mass is 391 g/mol. The minimum absolute atomic E-state index is 0.232. The number of aromatic nitrogens is 3. The molecule has 2 aromatic rings. The predicted octanol–water partition coefficient (Wildman–Crippen LogP) is 2.16. The van der Waals surface area contributed by atoms with Crippen molar-refractivity contribution in [2.24, 2.45) is 0 Å². The maximum atomic E-state index is 14.5. The van der Waals surface area contributed by atoms with Gasteiger partial charge in [0.25, 0.3) is 5.91 Å². The highest BCUT2D eigenvalue weighted by molar-refractivity contribution is 5.93. The fraction of sp³-hybridized carbons (Fsp3) is 0.526. The van der Waals surface area contributed by atoms with Crippen molar-refractivity contribution in [2.75, 3.05) is 27.3 Å². The van der Waals surface area contributed by atoms with E-state index in [0.29, 0.717) is 22.8 Å².